The van der Waals surface area contributed by atoms with Gasteiger partial charge in [-0.2, -0.15) is 0 Å². The molecular formula is C23H17ClN2O2. The van der Waals surface area contributed by atoms with E-state index < -0.39 is 0 Å². The number of nitrogens with one attached hydrogen (secondary N) is 1. The number of fused-ring (bicyclic) bond motifs is 4. The molecule has 0 radical (unpaired) electrons. The first kappa shape index (κ1) is 18.0. The van der Waals surface area contributed by atoms with Gasteiger partial charge in [-0.1, -0.05) is 42.5 Å². The second-order valence-electron chi connectivity index (χ2n) is 6.70. The molecule has 1 heterocycles. The Morgan fingerprint density at radius 1 is 0.929 bits per heavy atom. The fraction of sp³-hybridized carbons (Fsp3) is 0.0435. The highest BCUT2D eigenvalue weighted by atomic mass is 35.5. The Kier molecular flexibility index (Phi) is 4.49. The van der Waals surface area contributed by atoms with Crippen molar-refractivity contribution < 1.29 is 9.90 Å². The standard InChI is InChI=1S/C23H16N2O2.ClH/c26-22-20(9-7-14-5-3-11-24-21(14)22)23(27)25-17-8-10-19-16(13-17)12-15-4-1-2-6-18(15)19;/h1-11,13,26H,12H2,(H,25,27);1H. The number of carbonyl (C=O) groups excluding carboxylic acids is 1. The number of benzene rings is 3. The number of anilines is 1. The van der Waals surface area contributed by atoms with Crippen molar-refractivity contribution in [2.45, 2.75) is 6.42 Å². The van der Waals surface area contributed by atoms with E-state index in [0.717, 1.165) is 11.8 Å². The quantitative estimate of drug-likeness (QED) is 0.437. The van der Waals surface area contributed by atoms with Crippen molar-refractivity contribution in [1.29, 1.82) is 0 Å². The molecule has 1 aromatic heterocycles. The molecule has 4 nitrogen and oxygen atoms in total. The molecule has 0 aliphatic heterocycles. The van der Waals surface area contributed by atoms with Crippen LogP contribution in [0.15, 0.2) is 72.9 Å². The van der Waals surface area contributed by atoms with Crippen LogP contribution in [0.4, 0.5) is 5.69 Å². The molecule has 0 atom stereocenters. The zero-order valence-electron chi connectivity index (χ0n) is 14.8. The first-order valence-corrected chi connectivity index (χ1v) is 8.80. The summed E-state index contributed by atoms with van der Waals surface area (Å²) in [6.07, 6.45) is 2.46. The maximum atomic E-state index is 12.7. The zero-order valence-corrected chi connectivity index (χ0v) is 15.7. The molecule has 5 heteroatoms. The van der Waals surface area contributed by atoms with Crippen molar-refractivity contribution in [3.05, 3.63) is 89.6 Å². The molecule has 1 aliphatic rings. The molecule has 5 rings (SSSR count). The summed E-state index contributed by atoms with van der Waals surface area (Å²) in [6, 6.07) is 21.3. The summed E-state index contributed by atoms with van der Waals surface area (Å²) in [5, 5.41) is 14.1. The Morgan fingerprint density at radius 2 is 1.75 bits per heavy atom. The molecule has 138 valence electrons. The van der Waals surface area contributed by atoms with E-state index in [2.05, 4.69) is 22.4 Å². The number of halogens is 1. The van der Waals surface area contributed by atoms with Gasteiger partial charge in [0, 0.05) is 17.3 Å². The summed E-state index contributed by atoms with van der Waals surface area (Å²) < 4.78 is 0. The lowest BCUT2D eigenvalue weighted by Gasteiger charge is -2.10. The van der Waals surface area contributed by atoms with Gasteiger partial charge in [0.15, 0.2) is 5.75 Å². The van der Waals surface area contributed by atoms with Crippen molar-refractivity contribution in [2.75, 3.05) is 5.32 Å². The SMILES string of the molecule is Cl.O=C(Nc1ccc2c(c1)Cc1ccccc1-2)c1ccc2cccnc2c1O. The van der Waals surface area contributed by atoms with Crippen LogP contribution in [0.25, 0.3) is 22.0 Å². The first-order valence-electron chi connectivity index (χ1n) is 8.80. The Hall–Kier alpha value is -3.37. The van der Waals surface area contributed by atoms with Gasteiger partial charge in [-0.25, -0.2) is 0 Å². The van der Waals surface area contributed by atoms with Crippen LogP contribution in [0.1, 0.15) is 21.5 Å². The molecule has 4 aromatic rings. The van der Waals surface area contributed by atoms with Crippen molar-refractivity contribution in [2.24, 2.45) is 0 Å². The van der Waals surface area contributed by atoms with Crippen molar-refractivity contribution >= 4 is 34.9 Å². The van der Waals surface area contributed by atoms with E-state index in [1.807, 2.05) is 36.4 Å². The van der Waals surface area contributed by atoms with Crippen LogP contribution in [-0.2, 0) is 6.42 Å². The summed E-state index contributed by atoms with van der Waals surface area (Å²) >= 11 is 0. The number of carbonyl (C=O) groups is 1. The van der Waals surface area contributed by atoms with Crippen LogP contribution in [0.5, 0.6) is 5.75 Å². The lowest BCUT2D eigenvalue weighted by molar-refractivity contribution is 0.102. The highest BCUT2D eigenvalue weighted by Gasteiger charge is 2.19. The highest BCUT2D eigenvalue weighted by Crippen LogP contribution is 2.37. The Balaban J connectivity index is 0.00000192. The van der Waals surface area contributed by atoms with Crippen LogP contribution in [0.3, 0.4) is 0 Å². The predicted molar refractivity (Wildman–Crippen MR) is 113 cm³/mol. The molecule has 28 heavy (non-hydrogen) atoms. The lowest BCUT2D eigenvalue weighted by atomic mass is 10.1. The van der Waals surface area contributed by atoms with Crippen LogP contribution in [-0.4, -0.2) is 16.0 Å². The van der Waals surface area contributed by atoms with E-state index in [1.165, 1.54) is 22.3 Å². The molecular weight excluding hydrogens is 372 g/mol. The smallest absolute Gasteiger partial charge is 0.259 e. The molecule has 0 saturated heterocycles. The number of nitrogens with zero attached hydrogens (tertiary/aromatic N) is 1. The maximum Gasteiger partial charge on any atom is 0.259 e. The lowest BCUT2D eigenvalue weighted by Crippen LogP contribution is -2.12. The summed E-state index contributed by atoms with van der Waals surface area (Å²) in [6.45, 7) is 0. The zero-order chi connectivity index (χ0) is 18.4. The van der Waals surface area contributed by atoms with Crippen molar-refractivity contribution in [3.63, 3.8) is 0 Å². The van der Waals surface area contributed by atoms with Gasteiger partial charge in [-0.05, 0) is 52.9 Å². The molecule has 0 unspecified atom stereocenters. The van der Waals surface area contributed by atoms with E-state index in [1.54, 1.807) is 24.4 Å². The average molecular weight is 389 g/mol. The van der Waals surface area contributed by atoms with Crippen LogP contribution >= 0.6 is 12.4 Å². The van der Waals surface area contributed by atoms with Gasteiger partial charge in [0.25, 0.3) is 5.91 Å². The number of amides is 1. The van der Waals surface area contributed by atoms with Crippen LogP contribution < -0.4 is 5.32 Å². The van der Waals surface area contributed by atoms with E-state index in [-0.39, 0.29) is 29.6 Å². The Labute approximate surface area is 168 Å². The minimum absolute atomic E-state index is 0. The van der Waals surface area contributed by atoms with E-state index in [9.17, 15) is 9.90 Å². The molecule has 1 amide bonds. The number of rotatable bonds is 2. The fourth-order valence-corrected chi connectivity index (χ4v) is 3.73. The van der Waals surface area contributed by atoms with E-state index in [0.29, 0.717) is 11.2 Å². The first-order chi connectivity index (χ1) is 13.2. The minimum Gasteiger partial charge on any atom is -0.505 e. The summed E-state index contributed by atoms with van der Waals surface area (Å²) in [5.41, 5.74) is 6.31. The Morgan fingerprint density at radius 3 is 2.64 bits per heavy atom. The van der Waals surface area contributed by atoms with Crippen molar-refractivity contribution in [1.82, 2.24) is 4.98 Å². The van der Waals surface area contributed by atoms with Crippen LogP contribution in [0, 0.1) is 0 Å². The molecule has 3 aromatic carbocycles. The molecule has 0 spiro atoms. The normalized spacial score (nSPS) is 11.4. The third-order valence-corrected chi connectivity index (χ3v) is 5.04. The van der Waals surface area contributed by atoms with Crippen molar-refractivity contribution in [3.8, 4) is 16.9 Å². The minimum atomic E-state index is -0.351. The maximum absolute atomic E-state index is 12.7. The third-order valence-electron chi connectivity index (χ3n) is 5.04. The summed E-state index contributed by atoms with van der Waals surface area (Å²) in [5.74, 6) is -0.449. The van der Waals surface area contributed by atoms with Crippen LogP contribution in [0.2, 0.25) is 0 Å². The monoisotopic (exact) mass is 388 g/mol. The van der Waals surface area contributed by atoms with Gasteiger partial charge in [0.2, 0.25) is 0 Å². The second-order valence-corrected chi connectivity index (χ2v) is 6.70. The molecule has 0 fully saturated rings. The second kappa shape index (κ2) is 6.98. The van der Waals surface area contributed by atoms with Gasteiger partial charge in [-0.15, -0.1) is 12.4 Å². The van der Waals surface area contributed by atoms with E-state index in [4.69, 9.17) is 0 Å². The highest BCUT2D eigenvalue weighted by molar-refractivity contribution is 6.09. The number of hydrogen-bond donors (Lipinski definition) is 2. The number of pyridine rings is 1. The largest absolute Gasteiger partial charge is 0.505 e. The Bertz CT molecular complexity index is 1220. The summed E-state index contributed by atoms with van der Waals surface area (Å²) in [7, 11) is 0. The van der Waals surface area contributed by atoms with E-state index >= 15 is 0 Å². The number of aromatic nitrogens is 1. The van der Waals surface area contributed by atoms with Gasteiger partial charge in [0.05, 0.1) is 5.56 Å². The number of aromatic hydroxyl groups is 1. The fourth-order valence-electron chi connectivity index (χ4n) is 3.73. The molecule has 0 bridgehead atoms. The van der Waals surface area contributed by atoms with Gasteiger partial charge >= 0.3 is 0 Å². The number of phenolic OH excluding ortho intramolecular Hbond substituents is 1. The topological polar surface area (TPSA) is 62.2 Å². The van der Waals surface area contributed by atoms with Gasteiger partial charge < -0.3 is 10.4 Å². The van der Waals surface area contributed by atoms with Gasteiger partial charge in [0.1, 0.15) is 5.52 Å². The summed E-state index contributed by atoms with van der Waals surface area (Å²) in [4.78, 5) is 16.9. The molecule has 0 saturated carbocycles. The molecule has 2 N–H and O–H groups in total. The van der Waals surface area contributed by atoms with Gasteiger partial charge in [-0.3, -0.25) is 9.78 Å². The number of phenols is 1. The number of hydrogen-bond acceptors (Lipinski definition) is 3. The molecule has 1 aliphatic carbocycles. The predicted octanol–water partition coefficient (Wildman–Crippen LogP) is 5.19. The average Bonchev–Trinajstić information content (AvgIpc) is 3.06. The third kappa shape index (κ3) is 2.88.